The second-order valence-corrected chi connectivity index (χ2v) is 2.60. The predicted molar refractivity (Wildman–Crippen MR) is 53.7 cm³/mol. The van der Waals surface area contributed by atoms with Gasteiger partial charge in [0.15, 0.2) is 0 Å². The molecule has 0 aromatic rings. The third kappa shape index (κ3) is 236. The van der Waals surface area contributed by atoms with Gasteiger partial charge < -0.3 is 37.9 Å². The second-order valence-electron chi connectivity index (χ2n) is 0.866. The Hall–Kier alpha value is 1.79. The Kier molecular flexibility index (Phi) is 102. The molecule has 0 rings (SSSR count). The van der Waals surface area contributed by atoms with Crippen molar-refractivity contribution >= 4 is 37.9 Å². The van der Waals surface area contributed by atoms with Crippen molar-refractivity contribution in [2.45, 2.75) is 20.8 Å². The molecule has 0 amide bonds. The molecule has 4 heteroatoms. The molecule has 68 valence electrons. The normalized spacial score (nSPS) is 5.40. The van der Waals surface area contributed by atoms with Crippen LogP contribution in [0, 0.1) is 0 Å². The summed E-state index contributed by atoms with van der Waals surface area (Å²) in [6, 6.07) is 0. The van der Waals surface area contributed by atoms with Crippen LogP contribution in [0.25, 0.3) is 0 Å². The van der Waals surface area contributed by atoms with Crippen LogP contribution in [0.4, 0.5) is 0 Å². The quantitative estimate of drug-likeness (QED) is 0.464. The smallest absolute Gasteiger partial charge is 0.793 e. The van der Waals surface area contributed by atoms with Crippen molar-refractivity contribution in [1.82, 2.24) is 0 Å². The van der Waals surface area contributed by atoms with Crippen molar-refractivity contribution in [3.8, 4) is 0 Å². The van der Waals surface area contributed by atoms with Gasteiger partial charge in [-0.05, 0) is 0 Å². The van der Waals surface area contributed by atoms with Crippen LogP contribution in [-0.2, 0) is 60.3 Å². The zero-order valence-electron chi connectivity index (χ0n) is 6.65. The van der Waals surface area contributed by atoms with E-state index in [1.165, 1.54) is 0 Å². The summed E-state index contributed by atoms with van der Waals surface area (Å²) in [5, 5.41) is 0. The van der Waals surface area contributed by atoms with Crippen LogP contribution >= 0.6 is 0 Å². The van der Waals surface area contributed by atoms with E-state index in [0.29, 0.717) is 0 Å². The fourth-order valence-corrected chi connectivity index (χ4v) is 0. The average Bonchev–Trinajstić information content (AvgIpc) is 1.70. The maximum Gasteiger partial charge on any atom is 3.00 e. The molecule has 0 bridgehead atoms. The average molecular weight is 380 g/mol. The molecule has 0 radical (unpaired) electrons. The Morgan fingerprint density at radius 2 is 0.700 bits per heavy atom. The van der Waals surface area contributed by atoms with E-state index >= 15 is 0 Å². The van der Waals surface area contributed by atoms with E-state index in [9.17, 15) is 0 Å². The van der Waals surface area contributed by atoms with Gasteiger partial charge in [-0.15, -0.1) is 0 Å². The van der Waals surface area contributed by atoms with Gasteiger partial charge in [0.25, 0.3) is 0 Å². The first-order valence-corrected chi connectivity index (χ1v) is 4.72. The van der Waals surface area contributed by atoms with E-state index in [-0.39, 0.29) is 22.4 Å². The molecule has 0 aliphatic carbocycles. The fourth-order valence-electron chi connectivity index (χ4n) is 0. The fraction of sp³-hybridized carbons (Fsp3) is 1.00. The topological polar surface area (TPSA) is 0 Å². The summed E-state index contributed by atoms with van der Waals surface area (Å²) in [7, 11) is 0. The molecule has 0 aromatic carbocycles. The zero-order chi connectivity index (χ0) is 8.12. The van der Waals surface area contributed by atoms with Crippen molar-refractivity contribution in [3.63, 3.8) is 0 Å². The van der Waals surface area contributed by atoms with Crippen molar-refractivity contribution in [2.24, 2.45) is 0 Å². The Morgan fingerprint density at radius 1 is 0.700 bits per heavy atom. The van der Waals surface area contributed by atoms with Crippen molar-refractivity contribution < 1.29 is 22.4 Å². The summed E-state index contributed by atoms with van der Waals surface area (Å²) in [6.45, 7) is 5.82. The van der Waals surface area contributed by atoms with E-state index < -0.39 is 0 Å². The van der Waals surface area contributed by atoms with Gasteiger partial charge in [-0.25, -0.2) is 0 Å². The van der Waals surface area contributed by atoms with Crippen LogP contribution < -0.4 is 0 Å². The van der Waals surface area contributed by atoms with Gasteiger partial charge in [0.05, 0.1) is 0 Å². The third-order valence-electron chi connectivity index (χ3n) is 0. The summed E-state index contributed by atoms with van der Waals surface area (Å²) in [4.78, 5) is 0. The van der Waals surface area contributed by atoms with E-state index in [0.717, 1.165) is 17.3 Å². The molecule has 0 aliphatic rings. The van der Waals surface area contributed by atoms with Crippen molar-refractivity contribution in [1.29, 1.82) is 0 Å². The predicted octanol–water partition coefficient (Wildman–Crippen LogP) is 1.66. The van der Waals surface area contributed by atoms with Crippen LogP contribution in [0.5, 0.6) is 0 Å². The van der Waals surface area contributed by atoms with Gasteiger partial charge in [0.1, 0.15) is 0 Å². The van der Waals surface area contributed by atoms with Crippen LogP contribution in [0.15, 0.2) is 0 Å². The Balaban J connectivity index is -0.0000000257. The molecule has 0 nitrogen and oxygen atoms in total. The van der Waals surface area contributed by atoms with Crippen molar-refractivity contribution in [3.05, 3.63) is 0 Å². The van der Waals surface area contributed by atoms with Crippen molar-refractivity contribution in [2.75, 3.05) is 17.3 Å². The Labute approximate surface area is 97.7 Å². The molecule has 0 atom stereocenters. The monoisotopic (exact) mass is 380 g/mol. The molecule has 0 N–H and O–H groups in total. The molecule has 0 heterocycles. The molecule has 0 spiro atoms. The molecule has 0 fully saturated rings. The van der Waals surface area contributed by atoms with E-state index in [1.807, 2.05) is 20.8 Å². The Morgan fingerprint density at radius 3 is 0.700 bits per heavy atom. The van der Waals surface area contributed by atoms with E-state index in [2.05, 4.69) is 37.9 Å². The molecule has 0 saturated heterocycles. The molecule has 10 heavy (non-hydrogen) atoms. The van der Waals surface area contributed by atoms with Crippen LogP contribution in [0.2, 0.25) is 0 Å². The first kappa shape index (κ1) is 22.6. The summed E-state index contributed by atoms with van der Waals surface area (Å²) in [6.07, 6.45) is 0. The van der Waals surface area contributed by atoms with Gasteiger partial charge in [-0.2, -0.15) is 17.3 Å². The first-order valence-electron chi connectivity index (χ1n) is 2.99. The molecule has 0 saturated carbocycles. The molecule has 0 aliphatic heterocycles. The Bertz CT molecular complexity index is 17.7. The van der Waals surface area contributed by atoms with Crippen LogP contribution in [0.1, 0.15) is 20.8 Å². The molecule has 0 aromatic heterocycles. The largest absolute Gasteiger partial charge is 3.00 e. The minimum atomic E-state index is 0. The third-order valence-corrected chi connectivity index (χ3v) is 0. The minimum absolute atomic E-state index is 0. The summed E-state index contributed by atoms with van der Waals surface area (Å²) < 4.78 is 0. The van der Waals surface area contributed by atoms with Gasteiger partial charge in [0.2, 0.25) is 0 Å². The first-order chi connectivity index (χ1) is 4.24. The van der Waals surface area contributed by atoms with Gasteiger partial charge in [-0.1, -0.05) is 20.8 Å². The maximum atomic E-state index is 4.39. The number of hydrogen-bond donors (Lipinski definition) is 0. The van der Waals surface area contributed by atoms with Crippen LogP contribution in [-0.4, -0.2) is 17.3 Å². The number of rotatable bonds is 0. The van der Waals surface area contributed by atoms with E-state index in [4.69, 9.17) is 0 Å². The minimum Gasteiger partial charge on any atom is -0.793 e. The summed E-state index contributed by atoms with van der Waals surface area (Å²) in [5.41, 5.74) is 0. The van der Waals surface area contributed by atoms with Gasteiger partial charge in [0, 0.05) is 0 Å². The standard InChI is InChI=1S/3C2H6S.Au/c3*1-2-3;/h3*3H,2H2,1H3;/q;;;+3/p-3. The zero-order valence-corrected chi connectivity index (χ0v) is 11.3. The maximum absolute atomic E-state index is 4.39. The van der Waals surface area contributed by atoms with E-state index in [1.54, 1.807) is 0 Å². The summed E-state index contributed by atoms with van der Waals surface area (Å²) in [5.74, 6) is 2.50. The van der Waals surface area contributed by atoms with Crippen LogP contribution in [0.3, 0.4) is 0 Å². The second kappa shape index (κ2) is 45.1. The van der Waals surface area contributed by atoms with Gasteiger partial charge >= 0.3 is 22.4 Å². The van der Waals surface area contributed by atoms with Gasteiger partial charge in [-0.3, -0.25) is 0 Å². The molecular weight excluding hydrogens is 365 g/mol. The molecule has 0 unspecified atom stereocenters. The molecular formula is C6H15AuS3. The SMILES string of the molecule is CC[S-].CC[S-].CC[S-].[Au+3]. The summed E-state index contributed by atoms with van der Waals surface area (Å²) >= 11 is 13.2. The number of hydrogen-bond acceptors (Lipinski definition) is 3.